The number of halogens is 3. The maximum Gasteiger partial charge on any atom is 0.408 e. The van der Waals surface area contributed by atoms with Crippen molar-refractivity contribution in [2.24, 2.45) is 5.84 Å². The van der Waals surface area contributed by atoms with Crippen LogP contribution in [0, 0.1) is 0 Å². The van der Waals surface area contributed by atoms with E-state index in [1.54, 1.807) is 4.52 Å². The Bertz CT molecular complexity index is 1130. The zero-order valence-electron chi connectivity index (χ0n) is 14.8. The fourth-order valence-electron chi connectivity index (χ4n) is 2.67. The lowest BCUT2D eigenvalue weighted by Gasteiger charge is -2.11. The summed E-state index contributed by atoms with van der Waals surface area (Å²) in [6.07, 6.45) is 2.86. The molecule has 13 heteroatoms. The van der Waals surface area contributed by atoms with Crippen molar-refractivity contribution < 1.29 is 13.2 Å². The molecule has 0 amide bonds. The van der Waals surface area contributed by atoms with Gasteiger partial charge in [0, 0.05) is 24.5 Å². The number of fused-ring (bicyclic) bond motifs is 1. The van der Waals surface area contributed by atoms with Crippen LogP contribution in [-0.2, 0) is 13.1 Å². The summed E-state index contributed by atoms with van der Waals surface area (Å²) in [5, 5.41) is 10.9. The Morgan fingerprint density at radius 3 is 2.69 bits per heavy atom. The largest absolute Gasteiger partial charge is 0.408 e. The van der Waals surface area contributed by atoms with E-state index in [4.69, 9.17) is 5.84 Å². The number of hydrazine groups is 1. The molecule has 0 aliphatic heterocycles. The minimum absolute atomic E-state index is 0.290. The lowest BCUT2D eigenvalue weighted by atomic mass is 10.2. The molecule has 4 aromatic rings. The van der Waals surface area contributed by atoms with Crippen LogP contribution in [0.15, 0.2) is 43.2 Å². The van der Waals surface area contributed by atoms with Gasteiger partial charge < -0.3 is 10.7 Å². The number of nitrogens with one attached hydrogen (secondary N) is 2. The molecule has 0 atom stereocenters. The van der Waals surface area contributed by atoms with Crippen LogP contribution in [-0.4, -0.2) is 40.5 Å². The highest BCUT2D eigenvalue weighted by Gasteiger charge is 2.28. The van der Waals surface area contributed by atoms with Crippen LogP contribution >= 0.6 is 0 Å². The summed E-state index contributed by atoms with van der Waals surface area (Å²) < 4.78 is 40.0. The predicted molar refractivity (Wildman–Crippen MR) is 97.4 cm³/mol. The molecule has 4 N–H and O–H groups in total. The Labute approximate surface area is 161 Å². The van der Waals surface area contributed by atoms with Gasteiger partial charge in [-0.2, -0.15) is 23.4 Å². The second-order valence-corrected chi connectivity index (χ2v) is 6.09. The lowest BCUT2D eigenvalue weighted by Crippen LogP contribution is -2.17. The van der Waals surface area contributed by atoms with Crippen LogP contribution < -0.4 is 16.6 Å². The van der Waals surface area contributed by atoms with Gasteiger partial charge in [-0.25, -0.2) is 25.3 Å². The summed E-state index contributed by atoms with van der Waals surface area (Å²) in [7, 11) is 0. The molecule has 0 saturated heterocycles. The molecule has 0 aliphatic carbocycles. The van der Waals surface area contributed by atoms with Crippen molar-refractivity contribution in [3.8, 4) is 11.3 Å². The number of nitrogen functional groups attached to an aromatic ring is 1. The topological polar surface area (TPSA) is 124 Å². The number of anilines is 2. The molecular weight excluding hydrogens is 389 g/mol. The molecule has 0 spiro atoms. The van der Waals surface area contributed by atoms with E-state index in [1.165, 1.54) is 24.9 Å². The van der Waals surface area contributed by atoms with Crippen LogP contribution in [0.25, 0.3) is 16.9 Å². The van der Waals surface area contributed by atoms with Crippen LogP contribution in [0.1, 0.15) is 5.56 Å². The summed E-state index contributed by atoms with van der Waals surface area (Å²) in [6.45, 7) is -0.797. The quantitative estimate of drug-likeness (QED) is 0.329. The summed E-state index contributed by atoms with van der Waals surface area (Å²) in [5.41, 5.74) is 4.81. The monoisotopic (exact) mass is 404 g/mol. The van der Waals surface area contributed by atoms with Crippen molar-refractivity contribution in [3.05, 3.63) is 48.8 Å². The number of hydrogen-bond donors (Lipinski definition) is 3. The molecule has 0 radical (unpaired) electrons. The molecule has 4 rings (SSSR count). The van der Waals surface area contributed by atoms with Crippen LogP contribution in [0.5, 0.6) is 0 Å². The van der Waals surface area contributed by atoms with Gasteiger partial charge in [0.25, 0.3) is 0 Å². The molecule has 10 nitrogen and oxygen atoms in total. The van der Waals surface area contributed by atoms with Gasteiger partial charge in [-0.05, 0) is 11.6 Å². The number of nitrogens with two attached hydrogens (primary N) is 1. The van der Waals surface area contributed by atoms with Crippen LogP contribution in [0.4, 0.5) is 24.8 Å². The van der Waals surface area contributed by atoms with Gasteiger partial charge in [-0.3, -0.25) is 4.68 Å². The van der Waals surface area contributed by atoms with Crippen molar-refractivity contribution >= 4 is 17.3 Å². The zero-order chi connectivity index (χ0) is 20.4. The van der Waals surface area contributed by atoms with Crippen molar-refractivity contribution in [2.45, 2.75) is 19.3 Å². The summed E-state index contributed by atoms with van der Waals surface area (Å²) in [4.78, 5) is 12.6. The molecule has 0 fully saturated rings. The van der Waals surface area contributed by atoms with E-state index in [0.29, 0.717) is 29.4 Å². The SMILES string of the molecule is NNc1ncc(-c2cnn(CC(F)(F)F)c2)nc1NCc1ccc2ncnn2c1. The maximum atomic E-state index is 12.5. The first-order chi connectivity index (χ1) is 13.9. The maximum absolute atomic E-state index is 12.5. The fraction of sp³-hybridized carbons (Fsp3) is 0.188. The van der Waals surface area contributed by atoms with Crippen LogP contribution in [0.3, 0.4) is 0 Å². The predicted octanol–water partition coefficient (Wildman–Crippen LogP) is 1.84. The van der Waals surface area contributed by atoms with Gasteiger partial charge in [0.15, 0.2) is 17.3 Å². The number of nitrogens with zero attached hydrogens (tertiary/aromatic N) is 7. The molecule has 150 valence electrons. The average Bonchev–Trinajstić information content (AvgIpc) is 3.33. The van der Waals surface area contributed by atoms with Crippen molar-refractivity contribution in [2.75, 3.05) is 10.7 Å². The van der Waals surface area contributed by atoms with Gasteiger partial charge in [0.1, 0.15) is 12.9 Å². The number of hydrogen-bond acceptors (Lipinski definition) is 8. The van der Waals surface area contributed by atoms with E-state index < -0.39 is 12.7 Å². The van der Waals surface area contributed by atoms with E-state index in [-0.39, 0.29) is 0 Å². The summed E-state index contributed by atoms with van der Waals surface area (Å²) >= 11 is 0. The van der Waals surface area contributed by atoms with E-state index in [2.05, 4.69) is 35.9 Å². The third-order valence-electron chi connectivity index (χ3n) is 3.97. The van der Waals surface area contributed by atoms with Crippen molar-refractivity contribution in [1.82, 2.24) is 34.3 Å². The first-order valence-corrected chi connectivity index (χ1v) is 8.37. The fourth-order valence-corrected chi connectivity index (χ4v) is 2.67. The zero-order valence-corrected chi connectivity index (χ0v) is 14.8. The molecule has 0 aliphatic rings. The second kappa shape index (κ2) is 7.35. The van der Waals surface area contributed by atoms with E-state index in [9.17, 15) is 13.2 Å². The highest BCUT2D eigenvalue weighted by atomic mass is 19.4. The Morgan fingerprint density at radius 1 is 1.03 bits per heavy atom. The first kappa shape index (κ1) is 18.6. The third kappa shape index (κ3) is 4.24. The minimum Gasteiger partial charge on any atom is -0.363 e. The first-order valence-electron chi connectivity index (χ1n) is 8.37. The molecule has 0 unspecified atom stereocenters. The third-order valence-corrected chi connectivity index (χ3v) is 3.97. The Morgan fingerprint density at radius 2 is 1.90 bits per heavy atom. The van der Waals surface area contributed by atoms with E-state index in [0.717, 1.165) is 15.9 Å². The van der Waals surface area contributed by atoms with Gasteiger partial charge in [0.2, 0.25) is 0 Å². The van der Waals surface area contributed by atoms with E-state index in [1.807, 2.05) is 18.3 Å². The highest BCUT2D eigenvalue weighted by molar-refractivity contribution is 5.65. The molecule has 29 heavy (non-hydrogen) atoms. The number of aromatic nitrogens is 7. The van der Waals surface area contributed by atoms with Gasteiger partial charge in [-0.1, -0.05) is 6.07 Å². The molecule has 0 aromatic carbocycles. The highest BCUT2D eigenvalue weighted by Crippen LogP contribution is 2.24. The molecule has 0 bridgehead atoms. The molecule has 4 aromatic heterocycles. The number of alkyl halides is 3. The Balaban J connectivity index is 1.55. The molecular formula is C16H15F3N10. The normalized spacial score (nSPS) is 11.7. The van der Waals surface area contributed by atoms with E-state index >= 15 is 0 Å². The average molecular weight is 404 g/mol. The minimum atomic E-state index is -4.36. The van der Waals surface area contributed by atoms with Crippen molar-refractivity contribution in [1.29, 1.82) is 0 Å². The Kier molecular flexibility index (Phi) is 4.72. The smallest absolute Gasteiger partial charge is 0.363 e. The molecule has 0 saturated carbocycles. The van der Waals surface area contributed by atoms with Gasteiger partial charge in [-0.15, -0.1) is 0 Å². The van der Waals surface area contributed by atoms with Gasteiger partial charge in [0.05, 0.1) is 18.1 Å². The molecule has 4 heterocycles. The van der Waals surface area contributed by atoms with Crippen molar-refractivity contribution in [3.63, 3.8) is 0 Å². The number of pyridine rings is 1. The number of rotatable bonds is 6. The van der Waals surface area contributed by atoms with Gasteiger partial charge >= 0.3 is 6.18 Å². The standard InChI is InChI=1S/C16H15F3N10/c17-16(18,19)8-28-7-11(4-24-28)12-5-22-15(27-20)14(26-12)21-3-10-1-2-13-23-9-25-29(13)6-10/h1-2,4-7,9H,3,8,20H2,(H,21,26)(H,22,27). The van der Waals surface area contributed by atoms with Crippen LogP contribution in [0.2, 0.25) is 0 Å². The summed E-state index contributed by atoms with van der Waals surface area (Å²) in [6, 6.07) is 3.70. The second-order valence-electron chi connectivity index (χ2n) is 6.09. The summed E-state index contributed by atoms with van der Waals surface area (Å²) in [5.74, 6) is 6.12. The lowest BCUT2D eigenvalue weighted by molar-refractivity contribution is -0.142. The Hall–Kier alpha value is -3.74.